The zero-order valence-electron chi connectivity index (χ0n) is 11.1. The van der Waals surface area contributed by atoms with Gasteiger partial charge < -0.3 is 9.84 Å². The molecule has 3 rings (SSSR count). The van der Waals surface area contributed by atoms with Gasteiger partial charge in [0.25, 0.3) is 0 Å². The molecular weight excluding hydrogens is 297 g/mol. The van der Waals surface area contributed by atoms with E-state index in [1.54, 1.807) is 12.1 Å². The SMILES string of the molecule is CC1CCNC(c2nc(-c3ccc(Cl)c(Cl)c3)no2)C1. The second-order valence-corrected chi connectivity index (χ2v) is 6.04. The van der Waals surface area contributed by atoms with E-state index in [0.717, 1.165) is 18.5 Å². The highest BCUT2D eigenvalue weighted by Crippen LogP contribution is 2.30. The molecule has 2 aromatic rings. The number of aromatic nitrogens is 2. The van der Waals surface area contributed by atoms with Crippen LogP contribution in [0, 0.1) is 5.92 Å². The van der Waals surface area contributed by atoms with E-state index in [2.05, 4.69) is 22.4 Å². The molecule has 0 spiro atoms. The average molecular weight is 312 g/mol. The minimum atomic E-state index is 0.141. The van der Waals surface area contributed by atoms with E-state index in [1.807, 2.05) is 6.07 Å². The lowest BCUT2D eigenvalue weighted by molar-refractivity contribution is 0.260. The van der Waals surface area contributed by atoms with Gasteiger partial charge in [0.05, 0.1) is 16.1 Å². The van der Waals surface area contributed by atoms with Crippen molar-refractivity contribution in [3.05, 3.63) is 34.1 Å². The summed E-state index contributed by atoms with van der Waals surface area (Å²) in [5, 5.41) is 8.44. The number of nitrogens with zero attached hydrogens (tertiary/aromatic N) is 2. The molecular formula is C14H15Cl2N3O. The standard InChI is InChI=1S/C14H15Cl2N3O/c1-8-4-5-17-12(6-8)14-18-13(19-20-14)9-2-3-10(15)11(16)7-9/h2-3,7-8,12,17H,4-6H2,1H3. The van der Waals surface area contributed by atoms with Crippen LogP contribution in [0.3, 0.4) is 0 Å². The Morgan fingerprint density at radius 2 is 2.15 bits per heavy atom. The molecule has 0 radical (unpaired) electrons. The van der Waals surface area contributed by atoms with Crippen molar-refractivity contribution in [3.8, 4) is 11.4 Å². The molecule has 0 aliphatic carbocycles. The van der Waals surface area contributed by atoms with E-state index in [-0.39, 0.29) is 6.04 Å². The Bertz CT molecular complexity index is 614. The maximum absolute atomic E-state index is 6.01. The predicted octanol–water partition coefficient (Wildman–Crippen LogP) is 4.10. The van der Waals surface area contributed by atoms with Crippen molar-refractivity contribution in [2.24, 2.45) is 5.92 Å². The summed E-state index contributed by atoms with van der Waals surface area (Å²) in [6, 6.07) is 5.45. The van der Waals surface area contributed by atoms with Gasteiger partial charge in [-0.25, -0.2) is 0 Å². The Balaban J connectivity index is 1.84. The maximum Gasteiger partial charge on any atom is 0.244 e. The Morgan fingerprint density at radius 1 is 1.30 bits per heavy atom. The van der Waals surface area contributed by atoms with Gasteiger partial charge in [-0.1, -0.05) is 35.3 Å². The van der Waals surface area contributed by atoms with Crippen LogP contribution in [-0.2, 0) is 0 Å². The summed E-state index contributed by atoms with van der Waals surface area (Å²) in [5.41, 5.74) is 0.804. The number of hydrogen-bond donors (Lipinski definition) is 1. The summed E-state index contributed by atoms with van der Waals surface area (Å²) >= 11 is 11.9. The van der Waals surface area contributed by atoms with Gasteiger partial charge in [-0.3, -0.25) is 0 Å². The molecule has 1 saturated heterocycles. The van der Waals surface area contributed by atoms with Crippen molar-refractivity contribution < 1.29 is 4.52 Å². The zero-order valence-corrected chi connectivity index (χ0v) is 12.6. The number of hydrogen-bond acceptors (Lipinski definition) is 4. The lowest BCUT2D eigenvalue weighted by atomic mass is 9.94. The lowest BCUT2D eigenvalue weighted by Crippen LogP contribution is -2.30. The van der Waals surface area contributed by atoms with Crippen LogP contribution in [0.25, 0.3) is 11.4 Å². The molecule has 6 heteroatoms. The summed E-state index contributed by atoms with van der Waals surface area (Å²) in [6.07, 6.45) is 2.20. The topological polar surface area (TPSA) is 51.0 Å². The second-order valence-electron chi connectivity index (χ2n) is 5.22. The third kappa shape index (κ3) is 2.82. The first-order valence-electron chi connectivity index (χ1n) is 6.66. The highest BCUT2D eigenvalue weighted by Gasteiger charge is 2.25. The van der Waals surface area contributed by atoms with Crippen LogP contribution in [0.5, 0.6) is 0 Å². The summed E-state index contributed by atoms with van der Waals surface area (Å²) < 4.78 is 5.38. The summed E-state index contributed by atoms with van der Waals surface area (Å²) in [7, 11) is 0. The molecule has 2 unspecified atom stereocenters. The number of benzene rings is 1. The smallest absolute Gasteiger partial charge is 0.244 e. The molecule has 4 nitrogen and oxygen atoms in total. The van der Waals surface area contributed by atoms with Crippen molar-refractivity contribution in [1.29, 1.82) is 0 Å². The Kier molecular flexibility index (Phi) is 3.96. The van der Waals surface area contributed by atoms with Crippen molar-refractivity contribution in [3.63, 3.8) is 0 Å². The first-order valence-corrected chi connectivity index (χ1v) is 7.41. The summed E-state index contributed by atoms with van der Waals surface area (Å²) in [5.74, 6) is 1.85. The molecule has 0 bridgehead atoms. The molecule has 106 valence electrons. The van der Waals surface area contributed by atoms with Crippen LogP contribution < -0.4 is 5.32 Å². The van der Waals surface area contributed by atoms with E-state index >= 15 is 0 Å². The van der Waals surface area contributed by atoms with Crippen LogP contribution in [0.4, 0.5) is 0 Å². The maximum atomic E-state index is 6.01. The molecule has 1 N–H and O–H groups in total. The quantitative estimate of drug-likeness (QED) is 0.907. The average Bonchev–Trinajstić information content (AvgIpc) is 2.92. The first kappa shape index (κ1) is 13.9. The van der Waals surface area contributed by atoms with Crippen molar-refractivity contribution >= 4 is 23.2 Å². The largest absolute Gasteiger partial charge is 0.337 e. The van der Waals surface area contributed by atoms with Crippen LogP contribution in [0.1, 0.15) is 31.7 Å². The van der Waals surface area contributed by atoms with E-state index in [4.69, 9.17) is 27.7 Å². The lowest BCUT2D eigenvalue weighted by Gasteiger charge is -2.25. The molecule has 0 amide bonds. The summed E-state index contributed by atoms with van der Waals surface area (Å²) in [4.78, 5) is 4.47. The fourth-order valence-corrected chi connectivity index (χ4v) is 2.72. The molecule has 20 heavy (non-hydrogen) atoms. The monoisotopic (exact) mass is 311 g/mol. The van der Waals surface area contributed by atoms with Gasteiger partial charge in [0, 0.05) is 5.56 Å². The first-order chi connectivity index (χ1) is 9.63. The van der Waals surface area contributed by atoms with Crippen molar-refractivity contribution in [1.82, 2.24) is 15.5 Å². The minimum absolute atomic E-state index is 0.141. The molecule has 0 saturated carbocycles. The molecule has 2 atom stereocenters. The number of rotatable bonds is 2. The molecule has 1 aliphatic rings. The Labute approximate surface area is 127 Å². The highest BCUT2D eigenvalue weighted by atomic mass is 35.5. The fraction of sp³-hybridized carbons (Fsp3) is 0.429. The van der Waals surface area contributed by atoms with Crippen LogP contribution in [0.2, 0.25) is 10.0 Å². The zero-order chi connectivity index (χ0) is 14.1. The number of halogens is 2. The molecule has 1 aromatic heterocycles. The third-order valence-electron chi connectivity index (χ3n) is 3.58. The van der Waals surface area contributed by atoms with Gasteiger partial charge in [-0.2, -0.15) is 4.98 Å². The number of nitrogens with one attached hydrogen (secondary N) is 1. The van der Waals surface area contributed by atoms with Gasteiger partial charge in [-0.15, -0.1) is 0 Å². The molecule has 1 aliphatic heterocycles. The van der Waals surface area contributed by atoms with E-state index < -0.39 is 0 Å². The van der Waals surface area contributed by atoms with Crippen LogP contribution >= 0.6 is 23.2 Å². The van der Waals surface area contributed by atoms with Crippen molar-refractivity contribution in [2.45, 2.75) is 25.8 Å². The van der Waals surface area contributed by atoms with E-state index in [0.29, 0.717) is 27.7 Å². The molecule has 1 fully saturated rings. The van der Waals surface area contributed by atoms with Gasteiger partial charge in [0.1, 0.15) is 0 Å². The normalized spacial score (nSPS) is 22.9. The highest BCUT2D eigenvalue weighted by molar-refractivity contribution is 6.42. The molecule has 2 heterocycles. The van der Waals surface area contributed by atoms with Gasteiger partial charge in [0.2, 0.25) is 11.7 Å². The van der Waals surface area contributed by atoms with Crippen LogP contribution in [-0.4, -0.2) is 16.7 Å². The van der Waals surface area contributed by atoms with Crippen LogP contribution in [0.15, 0.2) is 22.7 Å². The van der Waals surface area contributed by atoms with Gasteiger partial charge >= 0.3 is 0 Å². The van der Waals surface area contributed by atoms with Crippen molar-refractivity contribution in [2.75, 3.05) is 6.54 Å². The second kappa shape index (κ2) is 5.72. The van der Waals surface area contributed by atoms with E-state index in [1.165, 1.54) is 6.42 Å². The van der Waals surface area contributed by atoms with Gasteiger partial charge in [-0.05, 0) is 43.5 Å². The summed E-state index contributed by atoms with van der Waals surface area (Å²) in [6.45, 7) is 3.22. The Morgan fingerprint density at radius 3 is 2.90 bits per heavy atom. The molecule has 1 aromatic carbocycles. The third-order valence-corrected chi connectivity index (χ3v) is 4.32. The minimum Gasteiger partial charge on any atom is -0.337 e. The van der Waals surface area contributed by atoms with E-state index in [9.17, 15) is 0 Å². The fourth-order valence-electron chi connectivity index (χ4n) is 2.42. The number of piperidine rings is 1. The van der Waals surface area contributed by atoms with Gasteiger partial charge in [0.15, 0.2) is 0 Å². The Hall–Kier alpha value is -1.10. The predicted molar refractivity (Wildman–Crippen MR) is 78.9 cm³/mol.